The van der Waals surface area contributed by atoms with E-state index in [9.17, 15) is 9.47 Å². The number of benzene rings is 2. The normalized spacial score (nSPS) is 18.8. The number of ether oxygens (including phenoxy) is 1. The van der Waals surface area contributed by atoms with Crippen LogP contribution in [0.25, 0.3) is 21.8 Å². The van der Waals surface area contributed by atoms with Gasteiger partial charge in [-0.2, -0.15) is 5.26 Å². The number of hydrogen-bond donors (Lipinski definition) is 1. The average Bonchev–Trinajstić information content (AvgIpc) is 3.10. The van der Waals surface area contributed by atoms with Gasteiger partial charge < -0.3 is 14.0 Å². The molecule has 4 aromatic rings. The number of aromatic nitrogens is 3. The predicted octanol–water partition coefficient (Wildman–Crippen LogP) is 3.79. The monoisotopic (exact) mass is 445 g/mol. The van der Waals surface area contributed by atoms with Crippen molar-refractivity contribution in [3.63, 3.8) is 0 Å². The molecular formula is C24H23N5O2S. The van der Waals surface area contributed by atoms with Crippen molar-refractivity contribution in [3.8, 4) is 11.8 Å². The van der Waals surface area contributed by atoms with E-state index in [-0.39, 0.29) is 0 Å². The number of fused-ring (bicyclic) bond motifs is 4. The summed E-state index contributed by atoms with van der Waals surface area (Å²) in [4.78, 5) is 8.61. The van der Waals surface area contributed by atoms with Crippen LogP contribution in [0.15, 0.2) is 42.9 Å². The highest BCUT2D eigenvalue weighted by Gasteiger charge is 2.39. The maximum absolute atomic E-state index is 11.8. The molecule has 162 valence electrons. The second-order valence-electron chi connectivity index (χ2n) is 8.25. The van der Waals surface area contributed by atoms with Gasteiger partial charge in [0.25, 0.3) is 0 Å². The van der Waals surface area contributed by atoms with Crippen molar-refractivity contribution in [3.05, 3.63) is 59.7 Å². The minimum atomic E-state index is -1.18. The Morgan fingerprint density at radius 3 is 2.91 bits per heavy atom. The van der Waals surface area contributed by atoms with Gasteiger partial charge in [-0.1, -0.05) is 6.07 Å². The Bertz CT molecular complexity index is 1440. The summed E-state index contributed by atoms with van der Waals surface area (Å²) in [7, 11) is 2.48. The lowest BCUT2D eigenvalue weighted by Gasteiger charge is -2.32. The molecule has 0 fully saturated rings. The van der Waals surface area contributed by atoms with E-state index < -0.39 is 16.4 Å². The van der Waals surface area contributed by atoms with Crippen molar-refractivity contribution >= 4 is 38.5 Å². The second kappa shape index (κ2) is 7.61. The maximum atomic E-state index is 11.8. The lowest BCUT2D eigenvalue weighted by Crippen LogP contribution is -2.32. The molecule has 2 heterocycles. The summed E-state index contributed by atoms with van der Waals surface area (Å²) >= 11 is 0. The molecular weight excluding hydrogens is 422 g/mol. The number of nitrogens with one attached hydrogen (secondary N) is 1. The molecule has 2 aromatic carbocycles. The average molecular weight is 446 g/mol. The van der Waals surface area contributed by atoms with Crippen molar-refractivity contribution in [1.82, 2.24) is 14.5 Å². The van der Waals surface area contributed by atoms with Crippen LogP contribution in [0.2, 0.25) is 0 Å². The first-order valence-electron chi connectivity index (χ1n) is 10.4. The molecule has 0 saturated carbocycles. The molecule has 2 aromatic heterocycles. The Morgan fingerprint density at radius 1 is 1.31 bits per heavy atom. The fourth-order valence-electron chi connectivity index (χ4n) is 5.01. The second-order valence-corrected chi connectivity index (χ2v) is 9.36. The standard InChI is InChI=1S/C24H23N5O2S/c1-29-20-6-4-16(28-32(3)30)10-17(20)22-18(5-7-21(31-2)23(22)29)24(13-25)9-8-19-15(11-24)12-26-14-27-19/h4-7,10,12,14,28H,8-9,11H2,1-3H3. The smallest absolute Gasteiger partial charge is 0.143 e. The van der Waals surface area contributed by atoms with Gasteiger partial charge in [-0.25, -0.2) is 14.2 Å². The molecule has 5 rings (SSSR count). The van der Waals surface area contributed by atoms with E-state index >= 15 is 0 Å². The van der Waals surface area contributed by atoms with E-state index in [1.54, 1.807) is 19.7 Å². The fourth-order valence-corrected chi connectivity index (χ4v) is 5.47. The van der Waals surface area contributed by atoms with Crippen LogP contribution in [-0.2, 0) is 36.3 Å². The van der Waals surface area contributed by atoms with Crippen LogP contribution in [0.5, 0.6) is 5.75 Å². The van der Waals surface area contributed by atoms with Crippen LogP contribution in [0.3, 0.4) is 0 Å². The summed E-state index contributed by atoms with van der Waals surface area (Å²) in [6, 6.07) is 12.6. The van der Waals surface area contributed by atoms with Gasteiger partial charge in [-0.3, -0.25) is 0 Å². The predicted molar refractivity (Wildman–Crippen MR) is 126 cm³/mol. The zero-order valence-electron chi connectivity index (χ0n) is 18.2. The van der Waals surface area contributed by atoms with Crippen LogP contribution in [0.4, 0.5) is 5.69 Å². The van der Waals surface area contributed by atoms with Gasteiger partial charge in [0, 0.05) is 47.2 Å². The van der Waals surface area contributed by atoms with Gasteiger partial charge in [0.1, 0.15) is 23.1 Å². The summed E-state index contributed by atoms with van der Waals surface area (Å²) < 4.78 is 22.6. The molecule has 0 spiro atoms. The van der Waals surface area contributed by atoms with Gasteiger partial charge in [0.2, 0.25) is 0 Å². The van der Waals surface area contributed by atoms with Gasteiger partial charge in [0.15, 0.2) is 0 Å². The minimum Gasteiger partial charge on any atom is -0.495 e. The number of hydrogen-bond acceptors (Lipinski definition) is 5. The topological polar surface area (TPSA) is 92.8 Å². The molecule has 1 aliphatic rings. The van der Waals surface area contributed by atoms with Gasteiger partial charge in [-0.15, -0.1) is 0 Å². The number of methoxy groups -OCH3 is 1. The van der Waals surface area contributed by atoms with Gasteiger partial charge in [0.05, 0.1) is 24.1 Å². The molecule has 0 amide bonds. The molecule has 0 bridgehead atoms. The van der Waals surface area contributed by atoms with Crippen LogP contribution in [0.1, 0.15) is 23.2 Å². The zero-order valence-corrected chi connectivity index (χ0v) is 19.0. The first-order valence-corrected chi connectivity index (χ1v) is 11.9. The van der Waals surface area contributed by atoms with Crippen molar-refractivity contribution in [2.75, 3.05) is 18.1 Å². The highest BCUT2D eigenvalue weighted by atomic mass is 32.2. The fraction of sp³-hybridized carbons (Fsp3) is 0.292. The summed E-state index contributed by atoms with van der Waals surface area (Å²) in [5.74, 6) is 0.753. The third-order valence-electron chi connectivity index (χ3n) is 6.48. The molecule has 2 atom stereocenters. The highest BCUT2D eigenvalue weighted by molar-refractivity contribution is 7.85. The number of anilines is 1. The summed E-state index contributed by atoms with van der Waals surface area (Å²) in [6.45, 7) is 0. The summed E-state index contributed by atoms with van der Waals surface area (Å²) in [5, 5.41) is 12.5. The third kappa shape index (κ3) is 3.04. The first kappa shape index (κ1) is 20.5. The minimum absolute atomic E-state index is 0.564. The van der Waals surface area contributed by atoms with E-state index in [1.165, 1.54) is 0 Å². The number of nitriles is 1. The van der Waals surface area contributed by atoms with Crippen LogP contribution in [0, 0.1) is 11.3 Å². The number of nitrogens with zero attached hydrogens (tertiary/aromatic N) is 4. The largest absolute Gasteiger partial charge is 0.495 e. The molecule has 1 aliphatic carbocycles. The van der Waals surface area contributed by atoms with Crippen LogP contribution < -0.4 is 9.46 Å². The Kier molecular flexibility index (Phi) is 4.86. The lowest BCUT2D eigenvalue weighted by molar-refractivity contribution is 0.417. The van der Waals surface area contributed by atoms with Crippen LogP contribution >= 0.6 is 0 Å². The van der Waals surface area contributed by atoms with E-state index in [4.69, 9.17) is 4.74 Å². The van der Waals surface area contributed by atoms with E-state index in [0.717, 1.165) is 56.5 Å². The van der Waals surface area contributed by atoms with Crippen molar-refractivity contribution in [2.24, 2.45) is 7.05 Å². The van der Waals surface area contributed by atoms with Gasteiger partial charge in [-0.05, 0) is 54.7 Å². The van der Waals surface area contributed by atoms with Crippen LogP contribution in [-0.4, -0.2) is 32.1 Å². The number of aryl methyl sites for hydroxylation is 2. The van der Waals surface area contributed by atoms with Crippen molar-refractivity contribution in [2.45, 2.75) is 24.7 Å². The maximum Gasteiger partial charge on any atom is 0.143 e. The number of rotatable bonds is 4. The lowest BCUT2D eigenvalue weighted by atomic mass is 9.68. The van der Waals surface area contributed by atoms with E-state index in [1.807, 2.05) is 43.6 Å². The SMILES string of the molecule is COc1ccc(C2(C#N)CCc3ncncc3C2)c2c3cc(NS(C)=O)ccc3n(C)c12. The highest BCUT2D eigenvalue weighted by Crippen LogP contribution is 2.46. The molecule has 0 radical (unpaired) electrons. The Morgan fingerprint density at radius 2 is 2.16 bits per heavy atom. The molecule has 7 nitrogen and oxygen atoms in total. The zero-order chi connectivity index (χ0) is 22.5. The van der Waals surface area contributed by atoms with E-state index in [0.29, 0.717) is 12.8 Å². The quantitative estimate of drug-likeness (QED) is 0.516. The molecule has 8 heteroatoms. The Balaban J connectivity index is 1.83. The van der Waals surface area contributed by atoms with Crippen molar-refractivity contribution in [1.29, 1.82) is 5.26 Å². The Hall–Kier alpha value is -3.44. The summed E-state index contributed by atoms with van der Waals surface area (Å²) in [6.07, 6.45) is 6.98. The van der Waals surface area contributed by atoms with E-state index in [2.05, 4.69) is 25.3 Å². The molecule has 0 saturated heterocycles. The van der Waals surface area contributed by atoms with Crippen molar-refractivity contribution < 1.29 is 8.95 Å². The first-order chi connectivity index (χ1) is 15.5. The summed E-state index contributed by atoms with van der Waals surface area (Å²) in [5.41, 5.74) is 5.05. The molecule has 1 N–H and O–H groups in total. The Labute approximate surface area is 188 Å². The molecule has 32 heavy (non-hydrogen) atoms. The molecule has 2 unspecified atom stereocenters. The van der Waals surface area contributed by atoms with Gasteiger partial charge >= 0.3 is 0 Å². The molecule has 0 aliphatic heterocycles. The third-order valence-corrected chi connectivity index (χ3v) is 7.00.